The molecule has 0 atom stereocenters. The summed E-state index contributed by atoms with van der Waals surface area (Å²) >= 11 is 5.43. The zero-order valence-corrected chi connectivity index (χ0v) is 11.8. The van der Waals surface area contributed by atoms with Gasteiger partial charge in [-0.2, -0.15) is 0 Å². The molecule has 2 aromatic heterocycles. The van der Waals surface area contributed by atoms with Crippen molar-refractivity contribution in [1.29, 1.82) is 0 Å². The highest BCUT2D eigenvalue weighted by molar-refractivity contribution is 7.71. The minimum Gasteiger partial charge on any atom is -0.330 e. The molecule has 2 heterocycles. The second-order valence-corrected chi connectivity index (χ2v) is 5.14. The van der Waals surface area contributed by atoms with Crippen molar-refractivity contribution >= 4 is 23.3 Å². The Kier molecular flexibility index (Phi) is 2.95. The first kappa shape index (κ1) is 12.1. The predicted molar refractivity (Wildman–Crippen MR) is 79.9 cm³/mol. The summed E-state index contributed by atoms with van der Waals surface area (Å²) in [6, 6.07) is 10.3. The van der Waals surface area contributed by atoms with Crippen molar-refractivity contribution in [3.8, 4) is 0 Å². The van der Waals surface area contributed by atoms with E-state index in [2.05, 4.69) is 52.6 Å². The van der Waals surface area contributed by atoms with Crippen LogP contribution in [0.15, 0.2) is 36.5 Å². The molecule has 3 aromatic rings. The van der Waals surface area contributed by atoms with E-state index in [4.69, 9.17) is 12.2 Å². The molecule has 0 radical (unpaired) electrons. The summed E-state index contributed by atoms with van der Waals surface area (Å²) in [5, 5.41) is 0. The lowest BCUT2D eigenvalue weighted by Crippen LogP contribution is -2.03. The molecule has 1 aromatic carbocycles. The van der Waals surface area contributed by atoms with E-state index in [1.54, 1.807) is 0 Å². The maximum Gasteiger partial charge on any atom is 0.178 e. The average Bonchev–Trinajstić information content (AvgIpc) is 2.71. The van der Waals surface area contributed by atoms with E-state index in [-0.39, 0.29) is 0 Å². The molecular weight excluding hydrogens is 254 g/mol. The molecule has 0 bridgehead atoms. The van der Waals surface area contributed by atoms with Crippen LogP contribution in [0.25, 0.3) is 11.0 Å². The first-order chi connectivity index (χ1) is 9.16. The number of aromatic nitrogens is 3. The topological polar surface area (TPSA) is 33.6 Å². The predicted octanol–water partition coefficient (Wildman–Crippen LogP) is 3.76. The van der Waals surface area contributed by atoms with Gasteiger partial charge in [0.15, 0.2) is 4.77 Å². The summed E-state index contributed by atoms with van der Waals surface area (Å²) < 4.78 is 2.85. The van der Waals surface area contributed by atoms with E-state index in [1.807, 2.05) is 12.3 Å². The third kappa shape index (κ3) is 2.08. The van der Waals surface area contributed by atoms with Crippen molar-refractivity contribution in [1.82, 2.24) is 14.5 Å². The summed E-state index contributed by atoms with van der Waals surface area (Å²) in [6.07, 6.45) is 1.83. The van der Waals surface area contributed by atoms with Gasteiger partial charge < -0.3 is 9.55 Å². The lowest BCUT2D eigenvalue weighted by Gasteiger charge is -2.07. The number of para-hydroxylation sites is 1. The second kappa shape index (κ2) is 4.63. The van der Waals surface area contributed by atoms with Gasteiger partial charge in [-0.3, -0.25) is 4.98 Å². The van der Waals surface area contributed by atoms with Crippen LogP contribution in [0.1, 0.15) is 16.8 Å². The quantitative estimate of drug-likeness (QED) is 0.719. The number of rotatable bonds is 2. The Morgan fingerprint density at radius 1 is 1.16 bits per heavy atom. The molecule has 4 heteroatoms. The third-order valence-corrected chi connectivity index (χ3v) is 3.77. The smallest absolute Gasteiger partial charge is 0.178 e. The number of aromatic amines is 1. The maximum absolute atomic E-state index is 5.43. The van der Waals surface area contributed by atoms with Gasteiger partial charge in [0, 0.05) is 6.20 Å². The fraction of sp³-hybridized carbons (Fsp3) is 0.200. The maximum atomic E-state index is 5.43. The summed E-state index contributed by atoms with van der Waals surface area (Å²) in [7, 11) is 0. The van der Waals surface area contributed by atoms with Gasteiger partial charge in [-0.25, -0.2) is 0 Å². The Labute approximate surface area is 116 Å². The molecule has 0 fully saturated rings. The second-order valence-electron chi connectivity index (χ2n) is 4.75. The minimum atomic E-state index is 0.703. The number of nitrogens with one attached hydrogen (secondary N) is 1. The highest BCUT2D eigenvalue weighted by Gasteiger charge is 2.08. The fourth-order valence-corrected chi connectivity index (χ4v) is 2.58. The highest BCUT2D eigenvalue weighted by Crippen LogP contribution is 2.19. The number of benzene rings is 1. The van der Waals surface area contributed by atoms with E-state index < -0.39 is 0 Å². The van der Waals surface area contributed by atoms with Crippen LogP contribution in [0.3, 0.4) is 0 Å². The van der Waals surface area contributed by atoms with Crippen LogP contribution in [0.2, 0.25) is 0 Å². The van der Waals surface area contributed by atoms with Gasteiger partial charge in [0.05, 0.1) is 23.3 Å². The van der Waals surface area contributed by atoms with Crippen molar-refractivity contribution in [3.63, 3.8) is 0 Å². The minimum absolute atomic E-state index is 0.703. The molecule has 0 saturated heterocycles. The number of imidazole rings is 1. The Morgan fingerprint density at radius 3 is 2.74 bits per heavy atom. The molecule has 0 aliphatic carbocycles. The Morgan fingerprint density at radius 2 is 1.95 bits per heavy atom. The molecule has 3 rings (SSSR count). The number of hydrogen-bond donors (Lipinski definition) is 1. The van der Waals surface area contributed by atoms with Crippen LogP contribution in [-0.4, -0.2) is 14.5 Å². The number of hydrogen-bond acceptors (Lipinski definition) is 2. The van der Waals surface area contributed by atoms with Gasteiger partial charge in [-0.15, -0.1) is 0 Å². The number of aryl methyl sites for hydroxylation is 2. The van der Waals surface area contributed by atoms with Gasteiger partial charge >= 0.3 is 0 Å². The van der Waals surface area contributed by atoms with Crippen LogP contribution in [0.4, 0.5) is 0 Å². The van der Waals surface area contributed by atoms with Crippen molar-refractivity contribution in [3.05, 3.63) is 58.1 Å². The normalized spacial score (nSPS) is 11.1. The van der Waals surface area contributed by atoms with Gasteiger partial charge in [0.2, 0.25) is 0 Å². The molecule has 96 valence electrons. The number of fused-ring (bicyclic) bond motifs is 1. The van der Waals surface area contributed by atoms with Crippen LogP contribution >= 0.6 is 12.2 Å². The van der Waals surface area contributed by atoms with Crippen molar-refractivity contribution < 1.29 is 0 Å². The average molecular weight is 269 g/mol. The van der Waals surface area contributed by atoms with E-state index >= 15 is 0 Å². The lowest BCUT2D eigenvalue weighted by atomic mass is 10.2. The van der Waals surface area contributed by atoms with Gasteiger partial charge in [0.1, 0.15) is 0 Å². The van der Waals surface area contributed by atoms with Crippen molar-refractivity contribution in [2.75, 3.05) is 0 Å². The van der Waals surface area contributed by atoms with Crippen LogP contribution in [0.5, 0.6) is 0 Å². The number of nitrogens with zero attached hydrogens (tertiary/aromatic N) is 2. The number of H-pyrrole nitrogens is 1. The molecule has 0 amide bonds. The van der Waals surface area contributed by atoms with Gasteiger partial charge in [-0.05, 0) is 49.3 Å². The van der Waals surface area contributed by atoms with E-state index in [0.717, 1.165) is 21.5 Å². The van der Waals surface area contributed by atoms with Gasteiger partial charge in [-0.1, -0.05) is 18.2 Å². The lowest BCUT2D eigenvalue weighted by molar-refractivity contribution is 0.778. The molecule has 0 saturated carbocycles. The fourth-order valence-electron chi connectivity index (χ4n) is 2.31. The molecule has 19 heavy (non-hydrogen) atoms. The zero-order chi connectivity index (χ0) is 13.4. The van der Waals surface area contributed by atoms with E-state index in [0.29, 0.717) is 6.54 Å². The molecule has 0 aliphatic heterocycles. The number of pyridine rings is 1. The molecule has 0 aliphatic rings. The largest absolute Gasteiger partial charge is 0.330 e. The van der Waals surface area contributed by atoms with Crippen molar-refractivity contribution in [2.24, 2.45) is 0 Å². The third-order valence-electron chi connectivity index (χ3n) is 3.44. The molecule has 3 nitrogen and oxygen atoms in total. The van der Waals surface area contributed by atoms with Crippen LogP contribution in [0, 0.1) is 18.6 Å². The molecule has 0 spiro atoms. The van der Waals surface area contributed by atoms with Crippen LogP contribution < -0.4 is 0 Å². The SMILES string of the molecule is Cc1cccnc1Cn1c(=S)[nH]c2c(C)cccc21. The van der Waals surface area contributed by atoms with E-state index in [9.17, 15) is 0 Å². The Balaban J connectivity index is 2.16. The molecular formula is C15H15N3S. The van der Waals surface area contributed by atoms with Crippen LogP contribution in [-0.2, 0) is 6.54 Å². The monoisotopic (exact) mass is 269 g/mol. The van der Waals surface area contributed by atoms with E-state index in [1.165, 1.54) is 11.1 Å². The Hall–Kier alpha value is -1.94. The Bertz CT molecular complexity index is 799. The molecule has 1 N–H and O–H groups in total. The first-order valence-corrected chi connectivity index (χ1v) is 6.66. The van der Waals surface area contributed by atoms with Crippen molar-refractivity contribution in [2.45, 2.75) is 20.4 Å². The van der Waals surface area contributed by atoms with Gasteiger partial charge in [0.25, 0.3) is 0 Å². The summed E-state index contributed by atoms with van der Waals surface area (Å²) in [4.78, 5) is 7.73. The first-order valence-electron chi connectivity index (χ1n) is 6.25. The summed E-state index contributed by atoms with van der Waals surface area (Å²) in [5.74, 6) is 0. The zero-order valence-electron chi connectivity index (χ0n) is 11.0. The highest BCUT2D eigenvalue weighted by atomic mass is 32.1. The standard InChI is InChI=1S/C15H15N3S/c1-10-6-4-8-16-12(10)9-18-13-7-3-5-11(2)14(13)17-15(18)19/h3-8H,9H2,1-2H3,(H,17,19). The summed E-state index contributed by atoms with van der Waals surface area (Å²) in [5.41, 5.74) is 5.70. The molecule has 0 unspecified atom stereocenters. The summed E-state index contributed by atoms with van der Waals surface area (Å²) in [6.45, 7) is 4.87.